The first-order chi connectivity index (χ1) is 12.8. The first-order valence-electron chi connectivity index (χ1n) is 9.23. The SMILES string of the molecule is C=C[C@]1(O)[C@@H](C)O[C@@H](n2c(C)nc3c(N)nc(OC4CCCC4)nc32)[C@@H]1O. The highest BCUT2D eigenvalue weighted by molar-refractivity contribution is 5.82. The molecule has 2 aromatic heterocycles. The summed E-state index contributed by atoms with van der Waals surface area (Å²) < 4.78 is 13.3. The van der Waals surface area contributed by atoms with Crippen LogP contribution in [0.4, 0.5) is 5.82 Å². The third kappa shape index (κ3) is 2.77. The number of ether oxygens (including phenoxy) is 2. The molecule has 0 spiro atoms. The first-order valence-corrected chi connectivity index (χ1v) is 9.23. The highest BCUT2D eigenvalue weighted by atomic mass is 16.6. The number of aryl methyl sites for hydroxylation is 1. The van der Waals surface area contributed by atoms with Crippen molar-refractivity contribution < 1.29 is 19.7 Å². The van der Waals surface area contributed by atoms with E-state index in [1.807, 2.05) is 0 Å². The van der Waals surface area contributed by atoms with Crippen LogP contribution in [0.5, 0.6) is 6.01 Å². The Kier molecular flexibility index (Phi) is 4.32. The maximum Gasteiger partial charge on any atom is 0.320 e. The third-order valence-electron chi connectivity index (χ3n) is 5.62. The number of anilines is 1. The number of rotatable bonds is 4. The van der Waals surface area contributed by atoms with Crippen LogP contribution in [0.1, 0.15) is 44.7 Å². The summed E-state index contributed by atoms with van der Waals surface area (Å²) in [6.07, 6.45) is 2.78. The van der Waals surface area contributed by atoms with Crippen molar-refractivity contribution >= 4 is 17.0 Å². The molecule has 0 bridgehead atoms. The molecular weight excluding hydrogens is 350 g/mol. The number of aliphatic hydroxyl groups is 2. The van der Waals surface area contributed by atoms with Crippen molar-refractivity contribution in [3.05, 3.63) is 18.5 Å². The molecule has 2 aliphatic rings. The fourth-order valence-electron chi connectivity index (χ4n) is 3.95. The van der Waals surface area contributed by atoms with Gasteiger partial charge in [-0.15, -0.1) is 6.58 Å². The molecule has 0 aromatic carbocycles. The third-order valence-corrected chi connectivity index (χ3v) is 5.62. The van der Waals surface area contributed by atoms with Crippen molar-refractivity contribution in [3.63, 3.8) is 0 Å². The van der Waals surface area contributed by atoms with Crippen LogP contribution in [-0.2, 0) is 4.74 Å². The van der Waals surface area contributed by atoms with Crippen molar-refractivity contribution in [1.29, 1.82) is 0 Å². The molecule has 146 valence electrons. The highest BCUT2D eigenvalue weighted by Crippen LogP contribution is 2.40. The van der Waals surface area contributed by atoms with Crippen LogP contribution in [0.2, 0.25) is 0 Å². The van der Waals surface area contributed by atoms with Gasteiger partial charge in [0.05, 0.1) is 6.10 Å². The summed E-state index contributed by atoms with van der Waals surface area (Å²) in [6.45, 7) is 7.05. The molecule has 1 aliphatic heterocycles. The number of nitrogens with two attached hydrogens (primary N) is 1. The molecule has 9 heteroatoms. The van der Waals surface area contributed by atoms with E-state index in [2.05, 4.69) is 21.5 Å². The maximum atomic E-state index is 10.7. The molecule has 3 heterocycles. The van der Waals surface area contributed by atoms with Crippen molar-refractivity contribution in [3.8, 4) is 6.01 Å². The Morgan fingerprint density at radius 2 is 2.04 bits per heavy atom. The Bertz CT molecular complexity index is 878. The number of nitrogens with zero attached hydrogens (tertiary/aromatic N) is 4. The smallest absolute Gasteiger partial charge is 0.320 e. The van der Waals surface area contributed by atoms with Gasteiger partial charge in [-0.25, -0.2) is 4.98 Å². The van der Waals surface area contributed by atoms with Gasteiger partial charge in [0.15, 0.2) is 23.2 Å². The lowest BCUT2D eigenvalue weighted by Gasteiger charge is -2.25. The monoisotopic (exact) mass is 375 g/mol. The summed E-state index contributed by atoms with van der Waals surface area (Å²) >= 11 is 0. The van der Waals surface area contributed by atoms with Crippen molar-refractivity contribution in [1.82, 2.24) is 19.5 Å². The summed E-state index contributed by atoms with van der Waals surface area (Å²) in [5.74, 6) is 0.739. The minimum atomic E-state index is -1.57. The molecule has 2 aromatic rings. The van der Waals surface area contributed by atoms with E-state index in [0.29, 0.717) is 17.0 Å². The van der Waals surface area contributed by atoms with Crippen LogP contribution in [0.25, 0.3) is 11.2 Å². The van der Waals surface area contributed by atoms with Gasteiger partial charge in [0, 0.05) is 0 Å². The molecule has 4 rings (SSSR count). The van der Waals surface area contributed by atoms with Crippen LogP contribution in [-0.4, -0.2) is 53.6 Å². The van der Waals surface area contributed by atoms with Crippen LogP contribution < -0.4 is 10.5 Å². The van der Waals surface area contributed by atoms with E-state index in [1.165, 1.54) is 6.08 Å². The fraction of sp³-hybridized carbons (Fsp3) is 0.611. The van der Waals surface area contributed by atoms with E-state index in [4.69, 9.17) is 15.2 Å². The summed E-state index contributed by atoms with van der Waals surface area (Å²) in [7, 11) is 0. The standard InChI is InChI=1S/C18H25N5O4/c1-4-18(25)9(2)26-16(13(18)24)23-10(3)20-12-14(19)21-17(22-15(12)23)27-11-7-5-6-8-11/h4,9,11,13,16,24-25H,1,5-8H2,2-3H3,(H2,19,21,22)/t9-,13+,16-,18+/m1/s1. The molecule has 0 radical (unpaired) electrons. The summed E-state index contributed by atoms with van der Waals surface area (Å²) in [4.78, 5) is 13.1. The maximum absolute atomic E-state index is 10.7. The van der Waals surface area contributed by atoms with E-state index >= 15 is 0 Å². The van der Waals surface area contributed by atoms with Gasteiger partial charge in [-0.3, -0.25) is 4.57 Å². The summed E-state index contributed by atoms with van der Waals surface area (Å²) in [5.41, 5.74) is 5.31. The quantitative estimate of drug-likeness (QED) is 0.681. The van der Waals surface area contributed by atoms with Crippen LogP contribution >= 0.6 is 0 Å². The van der Waals surface area contributed by atoms with E-state index in [1.54, 1.807) is 18.4 Å². The number of aromatic nitrogens is 4. The van der Waals surface area contributed by atoms with Crippen molar-refractivity contribution in [2.24, 2.45) is 0 Å². The van der Waals surface area contributed by atoms with Gasteiger partial charge in [0.2, 0.25) is 0 Å². The molecule has 1 saturated carbocycles. The Balaban J connectivity index is 1.77. The van der Waals surface area contributed by atoms with Gasteiger partial charge in [0.1, 0.15) is 23.6 Å². The number of nitrogen functional groups attached to an aromatic ring is 1. The number of imidazole rings is 1. The second-order valence-electron chi connectivity index (χ2n) is 7.32. The molecule has 2 fully saturated rings. The van der Waals surface area contributed by atoms with Gasteiger partial charge in [-0.1, -0.05) is 6.08 Å². The first kappa shape index (κ1) is 18.1. The highest BCUT2D eigenvalue weighted by Gasteiger charge is 2.52. The van der Waals surface area contributed by atoms with Gasteiger partial charge in [0.25, 0.3) is 0 Å². The van der Waals surface area contributed by atoms with E-state index in [0.717, 1.165) is 25.7 Å². The molecule has 1 saturated heterocycles. The molecule has 0 unspecified atom stereocenters. The van der Waals surface area contributed by atoms with E-state index in [-0.39, 0.29) is 17.9 Å². The van der Waals surface area contributed by atoms with Crippen molar-refractivity contribution in [2.45, 2.75) is 69.7 Å². The predicted molar refractivity (Wildman–Crippen MR) is 98.1 cm³/mol. The number of fused-ring (bicyclic) bond motifs is 1. The Hall–Kier alpha value is -2.23. The Morgan fingerprint density at radius 1 is 1.33 bits per heavy atom. The number of aliphatic hydroxyl groups excluding tert-OH is 1. The molecule has 4 atom stereocenters. The average Bonchev–Trinajstić information content (AvgIpc) is 3.30. The Morgan fingerprint density at radius 3 is 2.67 bits per heavy atom. The molecular formula is C18H25N5O4. The summed E-state index contributed by atoms with van der Waals surface area (Å²) in [5, 5.41) is 21.4. The normalized spacial score (nSPS) is 31.6. The topological polar surface area (TPSA) is 129 Å². The largest absolute Gasteiger partial charge is 0.460 e. The molecule has 1 aliphatic carbocycles. The van der Waals surface area contributed by atoms with Gasteiger partial charge in [-0.2, -0.15) is 9.97 Å². The lowest BCUT2D eigenvalue weighted by atomic mass is 9.93. The van der Waals surface area contributed by atoms with Crippen LogP contribution in [0.3, 0.4) is 0 Å². The Labute approximate surface area is 156 Å². The van der Waals surface area contributed by atoms with E-state index < -0.39 is 24.0 Å². The van der Waals surface area contributed by atoms with Gasteiger partial charge >= 0.3 is 6.01 Å². The lowest BCUT2D eigenvalue weighted by molar-refractivity contribution is -0.0365. The summed E-state index contributed by atoms with van der Waals surface area (Å²) in [6, 6.07) is 0.188. The number of hydrogen-bond acceptors (Lipinski definition) is 8. The fourth-order valence-corrected chi connectivity index (χ4v) is 3.95. The predicted octanol–water partition coefficient (Wildman–Crippen LogP) is 1.23. The molecule has 0 amide bonds. The second-order valence-corrected chi connectivity index (χ2v) is 7.32. The zero-order valence-corrected chi connectivity index (χ0v) is 15.5. The second kappa shape index (κ2) is 6.43. The van der Waals surface area contributed by atoms with Gasteiger partial charge < -0.3 is 25.4 Å². The minimum Gasteiger partial charge on any atom is -0.460 e. The van der Waals surface area contributed by atoms with Crippen molar-refractivity contribution in [2.75, 3.05) is 5.73 Å². The minimum absolute atomic E-state index is 0.0820. The lowest BCUT2D eigenvalue weighted by Crippen LogP contribution is -2.44. The molecule has 27 heavy (non-hydrogen) atoms. The van der Waals surface area contributed by atoms with Crippen LogP contribution in [0, 0.1) is 6.92 Å². The average molecular weight is 375 g/mol. The molecule has 4 N–H and O–H groups in total. The number of hydrogen-bond donors (Lipinski definition) is 3. The molecule has 9 nitrogen and oxygen atoms in total. The van der Waals surface area contributed by atoms with Crippen LogP contribution in [0.15, 0.2) is 12.7 Å². The van der Waals surface area contributed by atoms with Gasteiger partial charge in [-0.05, 0) is 39.5 Å². The zero-order chi connectivity index (χ0) is 19.3. The van der Waals surface area contributed by atoms with E-state index in [9.17, 15) is 10.2 Å². The zero-order valence-electron chi connectivity index (χ0n) is 15.5.